The number of fused-ring (bicyclic) bond motifs is 1. The van der Waals surface area contributed by atoms with Gasteiger partial charge in [0, 0.05) is 31.3 Å². The topological polar surface area (TPSA) is 59.1 Å². The zero-order valence-electron chi connectivity index (χ0n) is 15.6. The summed E-state index contributed by atoms with van der Waals surface area (Å²) in [6.07, 6.45) is -3.42. The fraction of sp³-hybridized carbons (Fsp3) is 0.579. The van der Waals surface area contributed by atoms with Gasteiger partial charge in [-0.3, -0.25) is 9.59 Å². The number of carbonyl (C=O) groups is 2. The van der Waals surface area contributed by atoms with Crippen LogP contribution in [0.4, 0.5) is 18.9 Å². The van der Waals surface area contributed by atoms with E-state index in [0.717, 1.165) is 4.90 Å². The number of hydrogen-bond donors (Lipinski definition) is 0. The molecule has 1 unspecified atom stereocenters. The number of rotatable bonds is 6. The molecular weight excluding hydrogens is 377 g/mol. The zero-order valence-corrected chi connectivity index (χ0v) is 15.6. The van der Waals surface area contributed by atoms with Gasteiger partial charge in [0.15, 0.2) is 11.5 Å². The summed E-state index contributed by atoms with van der Waals surface area (Å²) in [5, 5.41) is 0. The van der Waals surface area contributed by atoms with Gasteiger partial charge in [-0.05, 0) is 18.6 Å². The monoisotopic (exact) mass is 400 g/mol. The van der Waals surface area contributed by atoms with Gasteiger partial charge in [-0.2, -0.15) is 13.2 Å². The number of benzene rings is 1. The molecule has 2 aliphatic heterocycles. The van der Waals surface area contributed by atoms with E-state index in [0.29, 0.717) is 43.2 Å². The summed E-state index contributed by atoms with van der Waals surface area (Å²) in [5.74, 6) is -0.630. The minimum atomic E-state index is -4.47. The Morgan fingerprint density at radius 1 is 1.25 bits per heavy atom. The Morgan fingerprint density at radius 2 is 1.96 bits per heavy atom. The second-order valence-corrected chi connectivity index (χ2v) is 6.96. The molecule has 1 aromatic carbocycles. The molecular formula is C19H23F3N2O4. The van der Waals surface area contributed by atoms with Crippen molar-refractivity contribution in [3.63, 3.8) is 0 Å². The average molecular weight is 400 g/mol. The summed E-state index contributed by atoms with van der Waals surface area (Å²) in [5.41, 5.74) is 0.542. The van der Waals surface area contributed by atoms with Crippen LogP contribution in [0.1, 0.15) is 26.2 Å². The molecule has 154 valence electrons. The number of hydrogen-bond acceptors (Lipinski definition) is 4. The lowest BCUT2D eigenvalue weighted by molar-refractivity contribution is -0.163. The van der Waals surface area contributed by atoms with Crippen LogP contribution in [0.2, 0.25) is 0 Å². The van der Waals surface area contributed by atoms with E-state index in [1.807, 2.05) is 6.92 Å². The van der Waals surface area contributed by atoms with E-state index < -0.39 is 24.5 Å². The van der Waals surface area contributed by atoms with Gasteiger partial charge in [-0.25, -0.2) is 0 Å². The highest BCUT2D eigenvalue weighted by atomic mass is 19.4. The maximum Gasteiger partial charge on any atom is 0.406 e. The van der Waals surface area contributed by atoms with Crippen LogP contribution in [0.15, 0.2) is 18.2 Å². The first-order chi connectivity index (χ1) is 13.3. The van der Waals surface area contributed by atoms with Gasteiger partial charge in [0.1, 0.15) is 19.8 Å². The summed E-state index contributed by atoms with van der Waals surface area (Å²) in [4.78, 5) is 27.4. The van der Waals surface area contributed by atoms with Crippen molar-refractivity contribution in [3.8, 4) is 11.5 Å². The normalized spacial score (nSPS) is 19.1. The number of alkyl halides is 3. The second kappa shape index (κ2) is 8.28. The van der Waals surface area contributed by atoms with E-state index in [1.54, 1.807) is 18.2 Å². The van der Waals surface area contributed by atoms with E-state index >= 15 is 0 Å². The van der Waals surface area contributed by atoms with Gasteiger partial charge in [-0.15, -0.1) is 0 Å². The molecule has 0 aromatic heterocycles. The van der Waals surface area contributed by atoms with E-state index in [4.69, 9.17) is 9.47 Å². The molecule has 2 amide bonds. The van der Waals surface area contributed by atoms with Crippen molar-refractivity contribution in [2.24, 2.45) is 5.92 Å². The molecule has 2 aliphatic rings. The predicted molar refractivity (Wildman–Crippen MR) is 95.4 cm³/mol. The minimum absolute atomic E-state index is 0.0313. The number of unbranched alkanes of at least 4 members (excludes halogenated alkanes) is 1. The highest BCUT2D eigenvalue weighted by molar-refractivity contribution is 6.00. The Hall–Kier alpha value is -2.45. The Labute approximate surface area is 161 Å². The Morgan fingerprint density at radius 3 is 2.64 bits per heavy atom. The molecule has 0 radical (unpaired) electrons. The van der Waals surface area contributed by atoms with Crippen molar-refractivity contribution in [1.82, 2.24) is 4.90 Å². The average Bonchev–Trinajstić information content (AvgIpc) is 3.05. The van der Waals surface area contributed by atoms with E-state index in [2.05, 4.69) is 0 Å². The summed E-state index contributed by atoms with van der Waals surface area (Å²) in [7, 11) is 0. The molecule has 1 atom stereocenters. The molecule has 28 heavy (non-hydrogen) atoms. The first kappa shape index (κ1) is 20.3. The number of ether oxygens (including phenoxy) is 2. The lowest BCUT2D eigenvalue weighted by Gasteiger charge is -2.26. The molecule has 0 spiro atoms. The molecule has 1 fully saturated rings. The third kappa shape index (κ3) is 4.69. The molecule has 0 bridgehead atoms. The number of amides is 2. The standard InChI is InChI=1S/C19H23F3N2O4/c1-2-3-6-23(12-19(20,21)22)18(26)13-9-17(25)24(11-13)14-4-5-15-16(10-14)28-8-7-27-15/h4-5,10,13H,2-3,6-9,11-12H2,1H3. The van der Waals surface area contributed by atoms with Crippen molar-refractivity contribution in [3.05, 3.63) is 18.2 Å². The number of carbonyl (C=O) groups excluding carboxylic acids is 2. The number of anilines is 1. The molecule has 0 N–H and O–H groups in total. The Bertz CT molecular complexity index is 738. The number of halogens is 3. The van der Waals surface area contributed by atoms with Crippen LogP contribution < -0.4 is 14.4 Å². The minimum Gasteiger partial charge on any atom is -0.486 e. The summed E-state index contributed by atoms with van der Waals surface area (Å²) in [6, 6.07) is 5.02. The van der Waals surface area contributed by atoms with Gasteiger partial charge < -0.3 is 19.3 Å². The van der Waals surface area contributed by atoms with Crippen LogP contribution in [-0.2, 0) is 9.59 Å². The van der Waals surface area contributed by atoms with Crippen molar-refractivity contribution in [2.75, 3.05) is 37.7 Å². The van der Waals surface area contributed by atoms with Crippen LogP contribution in [0, 0.1) is 5.92 Å². The zero-order chi connectivity index (χ0) is 20.3. The molecule has 1 saturated heterocycles. The molecule has 0 saturated carbocycles. The van der Waals surface area contributed by atoms with Crippen molar-refractivity contribution < 1.29 is 32.2 Å². The van der Waals surface area contributed by atoms with E-state index in [-0.39, 0.29) is 25.4 Å². The molecule has 1 aromatic rings. The van der Waals surface area contributed by atoms with Gasteiger partial charge >= 0.3 is 6.18 Å². The van der Waals surface area contributed by atoms with Crippen LogP contribution in [0.25, 0.3) is 0 Å². The van der Waals surface area contributed by atoms with Crippen molar-refractivity contribution in [1.29, 1.82) is 0 Å². The van der Waals surface area contributed by atoms with E-state index in [1.165, 1.54) is 4.90 Å². The fourth-order valence-corrected chi connectivity index (χ4v) is 3.41. The fourth-order valence-electron chi connectivity index (χ4n) is 3.41. The smallest absolute Gasteiger partial charge is 0.406 e. The largest absolute Gasteiger partial charge is 0.486 e. The van der Waals surface area contributed by atoms with E-state index in [9.17, 15) is 22.8 Å². The Balaban J connectivity index is 1.72. The molecule has 9 heteroatoms. The van der Waals surface area contributed by atoms with Crippen LogP contribution >= 0.6 is 0 Å². The van der Waals surface area contributed by atoms with Gasteiger partial charge in [0.25, 0.3) is 0 Å². The maximum atomic E-state index is 12.9. The first-order valence-electron chi connectivity index (χ1n) is 9.34. The quantitative estimate of drug-likeness (QED) is 0.737. The maximum absolute atomic E-state index is 12.9. The third-order valence-electron chi connectivity index (χ3n) is 4.78. The molecule has 0 aliphatic carbocycles. The predicted octanol–water partition coefficient (Wildman–Crippen LogP) is 3.00. The lowest BCUT2D eigenvalue weighted by atomic mass is 10.1. The van der Waals surface area contributed by atoms with Gasteiger partial charge in [0.2, 0.25) is 11.8 Å². The number of nitrogens with zero attached hydrogens (tertiary/aromatic N) is 2. The van der Waals surface area contributed by atoms with Crippen molar-refractivity contribution in [2.45, 2.75) is 32.4 Å². The molecule has 3 rings (SSSR count). The summed E-state index contributed by atoms with van der Waals surface area (Å²) < 4.78 is 49.5. The lowest BCUT2D eigenvalue weighted by Crippen LogP contribution is -2.43. The highest BCUT2D eigenvalue weighted by Crippen LogP contribution is 2.36. The van der Waals surface area contributed by atoms with Crippen molar-refractivity contribution >= 4 is 17.5 Å². The van der Waals surface area contributed by atoms with Gasteiger partial charge in [0.05, 0.1) is 5.92 Å². The molecule has 2 heterocycles. The highest BCUT2D eigenvalue weighted by Gasteiger charge is 2.40. The Kier molecular flexibility index (Phi) is 6.00. The first-order valence-corrected chi connectivity index (χ1v) is 9.34. The van der Waals surface area contributed by atoms with Crippen LogP contribution in [-0.4, -0.2) is 55.7 Å². The molecule has 6 nitrogen and oxygen atoms in total. The SMILES string of the molecule is CCCCN(CC(F)(F)F)C(=O)C1CC(=O)N(c2ccc3c(c2)OCCO3)C1. The summed E-state index contributed by atoms with van der Waals surface area (Å²) in [6.45, 7) is 1.48. The summed E-state index contributed by atoms with van der Waals surface area (Å²) >= 11 is 0. The van der Waals surface area contributed by atoms with Crippen LogP contribution in [0.3, 0.4) is 0 Å². The van der Waals surface area contributed by atoms with Gasteiger partial charge in [-0.1, -0.05) is 13.3 Å². The third-order valence-corrected chi connectivity index (χ3v) is 4.78. The van der Waals surface area contributed by atoms with Crippen LogP contribution in [0.5, 0.6) is 11.5 Å². The second-order valence-electron chi connectivity index (χ2n) is 6.96.